The van der Waals surface area contributed by atoms with E-state index in [2.05, 4.69) is 5.32 Å². The molecule has 0 spiro atoms. The van der Waals surface area contributed by atoms with E-state index in [1.54, 1.807) is 25.3 Å². The third kappa shape index (κ3) is 4.84. The van der Waals surface area contributed by atoms with Gasteiger partial charge >= 0.3 is 0 Å². The molecule has 0 aromatic heterocycles. The van der Waals surface area contributed by atoms with Gasteiger partial charge in [-0.1, -0.05) is 54.1 Å². The van der Waals surface area contributed by atoms with Gasteiger partial charge in [0.05, 0.1) is 13.2 Å². The van der Waals surface area contributed by atoms with Crippen LogP contribution in [0.15, 0.2) is 72.8 Å². The van der Waals surface area contributed by atoms with Crippen LogP contribution in [-0.4, -0.2) is 13.0 Å². The summed E-state index contributed by atoms with van der Waals surface area (Å²) in [6.45, 7) is 2.26. The van der Waals surface area contributed by atoms with Crippen molar-refractivity contribution in [3.8, 4) is 11.5 Å². The largest absolute Gasteiger partial charge is 0.496 e. The van der Waals surface area contributed by atoms with Gasteiger partial charge in [-0.3, -0.25) is 4.79 Å². The van der Waals surface area contributed by atoms with Gasteiger partial charge in [-0.05, 0) is 37.3 Å². The van der Waals surface area contributed by atoms with Gasteiger partial charge in [0.2, 0.25) is 0 Å². The summed E-state index contributed by atoms with van der Waals surface area (Å²) in [5.41, 5.74) is 2.34. The molecule has 0 saturated heterocycles. The van der Waals surface area contributed by atoms with Crippen LogP contribution in [0.4, 0.5) is 0 Å². The van der Waals surface area contributed by atoms with E-state index in [4.69, 9.17) is 21.1 Å². The van der Waals surface area contributed by atoms with Crippen LogP contribution >= 0.6 is 11.6 Å². The van der Waals surface area contributed by atoms with Gasteiger partial charge in [-0.15, -0.1) is 0 Å². The molecule has 1 N–H and O–H groups in total. The van der Waals surface area contributed by atoms with Gasteiger partial charge in [0.25, 0.3) is 5.91 Å². The van der Waals surface area contributed by atoms with E-state index in [0.717, 1.165) is 16.9 Å². The molecule has 0 saturated carbocycles. The molecule has 0 bridgehead atoms. The lowest BCUT2D eigenvalue weighted by molar-refractivity contribution is 0.0939. The number of rotatable bonds is 7. The van der Waals surface area contributed by atoms with E-state index >= 15 is 0 Å². The minimum absolute atomic E-state index is 0.179. The third-order valence-corrected chi connectivity index (χ3v) is 4.77. The van der Waals surface area contributed by atoms with E-state index in [-0.39, 0.29) is 11.9 Å². The molecular weight excluding hydrogens is 374 g/mol. The quantitative estimate of drug-likeness (QED) is 0.581. The van der Waals surface area contributed by atoms with E-state index in [1.807, 2.05) is 61.5 Å². The lowest BCUT2D eigenvalue weighted by Crippen LogP contribution is -2.26. The number of amides is 1. The van der Waals surface area contributed by atoms with Crippen molar-refractivity contribution in [1.82, 2.24) is 5.32 Å². The Kier molecular flexibility index (Phi) is 6.56. The molecule has 0 heterocycles. The van der Waals surface area contributed by atoms with Crippen molar-refractivity contribution in [2.24, 2.45) is 0 Å². The van der Waals surface area contributed by atoms with Crippen LogP contribution in [-0.2, 0) is 6.61 Å². The van der Waals surface area contributed by atoms with Gasteiger partial charge in [0, 0.05) is 21.7 Å². The first-order valence-corrected chi connectivity index (χ1v) is 9.36. The summed E-state index contributed by atoms with van der Waals surface area (Å²) < 4.78 is 11.2. The maximum absolute atomic E-state index is 12.7. The standard InChI is InChI=1S/C23H22ClNO3/c1-16(20-11-4-6-13-22(20)27-2)25-23(26)17-9-7-10-19(14-17)28-15-18-8-3-5-12-21(18)24/h3-14,16H,15H2,1-2H3,(H,25,26). The Balaban J connectivity index is 1.67. The van der Waals surface area contributed by atoms with Gasteiger partial charge in [-0.2, -0.15) is 0 Å². The summed E-state index contributed by atoms with van der Waals surface area (Å²) >= 11 is 6.16. The Labute approximate surface area is 170 Å². The number of carbonyl (C=O) groups excluding carboxylic acids is 1. The van der Waals surface area contributed by atoms with Crippen LogP contribution in [0.2, 0.25) is 5.02 Å². The van der Waals surface area contributed by atoms with E-state index in [1.165, 1.54) is 0 Å². The summed E-state index contributed by atoms with van der Waals surface area (Å²) in [4.78, 5) is 12.7. The smallest absolute Gasteiger partial charge is 0.251 e. The number of methoxy groups -OCH3 is 1. The van der Waals surface area contributed by atoms with Crippen molar-refractivity contribution in [2.75, 3.05) is 7.11 Å². The second kappa shape index (κ2) is 9.29. The second-order valence-electron chi connectivity index (χ2n) is 6.35. The maximum atomic E-state index is 12.7. The Hall–Kier alpha value is -2.98. The van der Waals surface area contributed by atoms with Crippen LogP contribution in [0.1, 0.15) is 34.5 Å². The number of hydrogen-bond donors (Lipinski definition) is 1. The Bertz CT molecular complexity index is 958. The highest BCUT2D eigenvalue weighted by molar-refractivity contribution is 6.31. The molecule has 4 nitrogen and oxygen atoms in total. The van der Waals surface area contributed by atoms with E-state index in [9.17, 15) is 4.79 Å². The molecule has 1 unspecified atom stereocenters. The molecule has 0 aliphatic carbocycles. The minimum atomic E-state index is -0.198. The number of para-hydroxylation sites is 1. The van der Waals surface area contributed by atoms with Crippen LogP contribution < -0.4 is 14.8 Å². The molecule has 0 radical (unpaired) electrons. The van der Waals surface area contributed by atoms with Crippen molar-refractivity contribution >= 4 is 17.5 Å². The number of benzene rings is 3. The fourth-order valence-electron chi connectivity index (χ4n) is 2.89. The van der Waals surface area contributed by atoms with Crippen molar-refractivity contribution in [2.45, 2.75) is 19.6 Å². The van der Waals surface area contributed by atoms with Crippen LogP contribution in [0.5, 0.6) is 11.5 Å². The first-order chi connectivity index (χ1) is 13.6. The summed E-state index contributed by atoms with van der Waals surface area (Å²) in [7, 11) is 1.62. The summed E-state index contributed by atoms with van der Waals surface area (Å²) in [6, 6.07) is 22.0. The third-order valence-electron chi connectivity index (χ3n) is 4.40. The molecule has 5 heteroatoms. The lowest BCUT2D eigenvalue weighted by atomic mass is 10.1. The average molecular weight is 396 g/mol. The van der Waals surface area contributed by atoms with Crippen LogP contribution in [0.3, 0.4) is 0 Å². The molecule has 3 rings (SSSR count). The monoisotopic (exact) mass is 395 g/mol. The highest BCUT2D eigenvalue weighted by Gasteiger charge is 2.15. The van der Waals surface area contributed by atoms with Crippen molar-refractivity contribution < 1.29 is 14.3 Å². The van der Waals surface area contributed by atoms with Gasteiger partial charge < -0.3 is 14.8 Å². The Morgan fingerprint density at radius 1 is 1.04 bits per heavy atom. The predicted octanol–water partition coefficient (Wildman–Crippen LogP) is 5.42. The second-order valence-corrected chi connectivity index (χ2v) is 6.75. The van der Waals surface area contributed by atoms with E-state index < -0.39 is 0 Å². The zero-order valence-electron chi connectivity index (χ0n) is 15.8. The van der Waals surface area contributed by atoms with Gasteiger partial charge in [0.1, 0.15) is 18.1 Å². The highest BCUT2D eigenvalue weighted by Crippen LogP contribution is 2.25. The molecule has 0 aliphatic rings. The molecule has 1 atom stereocenters. The predicted molar refractivity (Wildman–Crippen MR) is 111 cm³/mol. The molecule has 0 fully saturated rings. The summed E-state index contributed by atoms with van der Waals surface area (Å²) in [6.07, 6.45) is 0. The number of ether oxygens (including phenoxy) is 2. The highest BCUT2D eigenvalue weighted by atomic mass is 35.5. The van der Waals surface area contributed by atoms with Gasteiger partial charge in [-0.25, -0.2) is 0 Å². The minimum Gasteiger partial charge on any atom is -0.496 e. The fraction of sp³-hybridized carbons (Fsp3) is 0.174. The number of carbonyl (C=O) groups is 1. The Morgan fingerprint density at radius 3 is 2.57 bits per heavy atom. The van der Waals surface area contributed by atoms with Crippen molar-refractivity contribution in [3.05, 3.63) is 94.5 Å². The molecule has 1 amide bonds. The zero-order valence-corrected chi connectivity index (χ0v) is 16.6. The first-order valence-electron chi connectivity index (χ1n) is 8.98. The number of halogens is 1. The molecular formula is C23H22ClNO3. The molecule has 0 aliphatic heterocycles. The fourth-order valence-corrected chi connectivity index (χ4v) is 3.08. The van der Waals surface area contributed by atoms with Crippen LogP contribution in [0.25, 0.3) is 0 Å². The normalized spacial score (nSPS) is 11.5. The average Bonchev–Trinajstić information content (AvgIpc) is 2.73. The maximum Gasteiger partial charge on any atom is 0.251 e. The molecule has 3 aromatic rings. The molecule has 3 aromatic carbocycles. The Morgan fingerprint density at radius 2 is 1.79 bits per heavy atom. The van der Waals surface area contributed by atoms with Crippen molar-refractivity contribution in [1.29, 1.82) is 0 Å². The number of hydrogen-bond acceptors (Lipinski definition) is 3. The topological polar surface area (TPSA) is 47.6 Å². The molecule has 28 heavy (non-hydrogen) atoms. The lowest BCUT2D eigenvalue weighted by Gasteiger charge is -2.17. The van der Waals surface area contributed by atoms with Gasteiger partial charge in [0.15, 0.2) is 0 Å². The van der Waals surface area contributed by atoms with E-state index in [0.29, 0.717) is 22.9 Å². The zero-order chi connectivity index (χ0) is 19.9. The summed E-state index contributed by atoms with van der Waals surface area (Å²) in [5.74, 6) is 1.17. The number of nitrogens with one attached hydrogen (secondary N) is 1. The summed E-state index contributed by atoms with van der Waals surface area (Å²) in [5, 5.41) is 3.66. The SMILES string of the molecule is COc1ccccc1C(C)NC(=O)c1cccc(OCc2ccccc2Cl)c1. The first kappa shape index (κ1) is 19.8. The van der Waals surface area contributed by atoms with Crippen molar-refractivity contribution in [3.63, 3.8) is 0 Å². The van der Waals surface area contributed by atoms with Crippen LogP contribution in [0, 0.1) is 0 Å². The molecule has 144 valence electrons.